The molecular weight excluding hydrogens is 246 g/mol. The van der Waals surface area contributed by atoms with E-state index in [0.717, 1.165) is 41.7 Å². The highest BCUT2D eigenvalue weighted by molar-refractivity contribution is 6.30. The fourth-order valence-corrected chi connectivity index (χ4v) is 2.95. The maximum atomic E-state index is 6.47. The van der Waals surface area contributed by atoms with Crippen LogP contribution in [0.15, 0.2) is 18.2 Å². The van der Waals surface area contributed by atoms with Crippen molar-refractivity contribution in [2.45, 2.75) is 44.1 Å². The summed E-state index contributed by atoms with van der Waals surface area (Å²) in [7, 11) is 0. The van der Waals surface area contributed by atoms with Crippen LogP contribution < -0.4 is 10.5 Å². The molecule has 3 rings (SSSR count). The number of hydrogen-bond donors (Lipinski definition) is 1. The summed E-state index contributed by atoms with van der Waals surface area (Å²) in [5.74, 6) is 1.63. The van der Waals surface area contributed by atoms with Crippen LogP contribution in [0, 0.1) is 5.92 Å². The molecule has 0 bridgehead atoms. The molecule has 2 aliphatic carbocycles. The summed E-state index contributed by atoms with van der Waals surface area (Å²) in [5.41, 5.74) is 7.42. The lowest BCUT2D eigenvalue weighted by Gasteiger charge is -2.25. The Labute approximate surface area is 113 Å². The molecule has 2 nitrogen and oxygen atoms in total. The molecule has 0 aromatic heterocycles. The largest absolute Gasteiger partial charge is 0.493 e. The monoisotopic (exact) mass is 265 g/mol. The Hall–Kier alpha value is -0.730. The maximum Gasteiger partial charge on any atom is 0.121 e. The highest BCUT2D eigenvalue weighted by atomic mass is 35.5. The number of benzene rings is 1. The number of hydrogen-bond acceptors (Lipinski definition) is 2. The van der Waals surface area contributed by atoms with Gasteiger partial charge in [-0.3, -0.25) is 0 Å². The summed E-state index contributed by atoms with van der Waals surface area (Å²) in [6, 6.07) is 5.97. The second-order valence-electron chi connectivity index (χ2n) is 5.79. The van der Waals surface area contributed by atoms with Crippen LogP contribution in [0.2, 0.25) is 5.02 Å². The molecule has 2 fully saturated rings. The first-order valence-electron chi connectivity index (χ1n) is 6.88. The summed E-state index contributed by atoms with van der Waals surface area (Å²) in [5, 5.41) is 0.732. The summed E-state index contributed by atoms with van der Waals surface area (Å²) in [4.78, 5) is 0. The lowest BCUT2D eigenvalue weighted by molar-refractivity contribution is 0.298. The molecule has 0 aliphatic heterocycles. The van der Waals surface area contributed by atoms with E-state index in [0.29, 0.717) is 0 Å². The minimum absolute atomic E-state index is 0.192. The molecule has 2 N–H and O–H groups in total. The molecule has 1 aromatic carbocycles. The minimum Gasteiger partial charge on any atom is -0.493 e. The molecule has 1 aromatic rings. The van der Waals surface area contributed by atoms with Gasteiger partial charge in [-0.25, -0.2) is 0 Å². The molecule has 0 heterocycles. The van der Waals surface area contributed by atoms with Crippen molar-refractivity contribution in [3.8, 4) is 5.75 Å². The summed E-state index contributed by atoms with van der Waals surface area (Å²) >= 11 is 6.19. The highest BCUT2D eigenvalue weighted by Gasteiger charge is 2.32. The zero-order valence-electron chi connectivity index (χ0n) is 10.6. The fourth-order valence-electron chi connectivity index (χ4n) is 2.73. The average molecular weight is 266 g/mol. The Kier molecular flexibility index (Phi) is 3.25. The van der Waals surface area contributed by atoms with Crippen LogP contribution in [0.5, 0.6) is 5.75 Å². The number of ether oxygens (including phenoxy) is 1. The quantitative estimate of drug-likeness (QED) is 0.897. The molecule has 98 valence electrons. The molecule has 0 saturated heterocycles. The van der Waals surface area contributed by atoms with Crippen molar-refractivity contribution >= 4 is 11.6 Å². The van der Waals surface area contributed by atoms with Gasteiger partial charge in [-0.2, -0.15) is 0 Å². The molecule has 2 saturated carbocycles. The van der Waals surface area contributed by atoms with Gasteiger partial charge in [-0.15, -0.1) is 0 Å². The van der Waals surface area contributed by atoms with Gasteiger partial charge in [0.25, 0.3) is 0 Å². The Morgan fingerprint density at radius 3 is 2.61 bits per heavy atom. The average Bonchev–Trinajstić information content (AvgIpc) is 3.07. The minimum atomic E-state index is -0.192. The topological polar surface area (TPSA) is 35.2 Å². The lowest BCUT2D eigenvalue weighted by atomic mass is 9.89. The lowest BCUT2D eigenvalue weighted by Crippen LogP contribution is -2.33. The standard InChI is InChI=1S/C15H20ClNO/c16-13-7-12(15(17)5-1-2-6-15)8-14(9-13)18-10-11-3-4-11/h7-9,11H,1-6,10,17H2. The smallest absolute Gasteiger partial charge is 0.121 e. The second-order valence-corrected chi connectivity index (χ2v) is 6.23. The molecule has 18 heavy (non-hydrogen) atoms. The van der Waals surface area contributed by atoms with Crippen LogP contribution in [0.3, 0.4) is 0 Å². The van der Waals surface area contributed by atoms with E-state index in [9.17, 15) is 0 Å². The molecule has 0 atom stereocenters. The van der Waals surface area contributed by atoms with Crippen LogP contribution in [0.4, 0.5) is 0 Å². The van der Waals surface area contributed by atoms with Crippen LogP contribution in [-0.4, -0.2) is 6.61 Å². The van der Waals surface area contributed by atoms with Crippen molar-refractivity contribution < 1.29 is 4.74 Å². The van der Waals surface area contributed by atoms with Crippen molar-refractivity contribution in [3.63, 3.8) is 0 Å². The van der Waals surface area contributed by atoms with Gasteiger partial charge in [0.05, 0.1) is 6.61 Å². The van der Waals surface area contributed by atoms with Crippen LogP contribution >= 0.6 is 11.6 Å². The van der Waals surface area contributed by atoms with Gasteiger partial charge in [-0.05, 0) is 55.4 Å². The van der Waals surface area contributed by atoms with Gasteiger partial charge in [0.15, 0.2) is 0 Å². The molecule has 0 spiro atoms. The van der Waals surface area contributed by atoms with E-state index in [1.54, 1.807) is 0 Å². The molecule has 0 unspecified atom stereocenters. The Bertz CT molecular complexity index is 436. The first-order valence-corrected chi connectivity index (χ1v) is 7.26. The third-order valence-corrected chi connectivity index (χ3v) is 4.34. The second kappa shape index (κ2) is 4.75. The third-order valence-electron chi connectivity index (χ3n) is 4.12. The first kappa shape index (κ1) is 12.3. The van der Waals surface area contributed by atoms with Crippen molar-refractivity contribution in [1.82, 2.24) is 0 Å². The van der Waals surface area contributed by atoms with Gasteiger partial charge in [0.2, 0.25) is 0 Å². The van der Waals surface area contributed by atoms with E-state index in [2.05, 4.69) is 6.07 Å². The Balaban J connectivity index is 1.80. The van der Waals surface area contributed by atoms with E-state index in [1.807, 2.05) is 12.1 Å². The molecule has 3 heteroatoms. The van der Waals surface area contributed by atoms with E-state index < -0.39 is 0 Å². The number of nitrogens with two attached hydrogens (primary N) is 1. The maximum absolute atomic E-state index is 6.47. The van der Waals surface area contributed by atoms with Crippen molar-refractivity contribution in [1.29, 1.82) is 0 Å². The van der Waals surface area contributed by atoms with E-state index >= 15 is 0 Å². The molecular formula is C15H20ClNO. The Morgan fingerprint density at radius 2 is 1.94 bits per heavy atom. The summed E-state index contributed by atoms with van der Waals surface area (Å²) in [6.07, 6.45) is 7.12. The summed E-state index contributed by atoms with van der Waals surface area (Å²) < 4.78 is 5.82. The van der Waals surface area contributed by atoms with Crippen molar-refractivity contribution in [2.24, 2.45) is 11.7 Å². The number of rotatable bonds is 4. The van der Waals surface area contributed by atoms with E-state index in [1.165, 1.54) is 25.7 Å². The van der Waals surface area contributed by atoms with Crippen molar-refractivity contribution in [2.75, 3.05) is 6.61 Å². The first-order chi connectivity index (χ1) is 8.66. The van der Waals surface area contributed by atoms with Gasteiger partial charge in [0, 0.05) is 10.6 Å². The van der Waals surface area contributed by atoms with Gasteiger partial charge < -0.3 is 10.5 Å². The molecule has 0 amide bonds. The fraction of sp³-hybridized carbons (Fsp3) is 0.600. The predicted octanol–water partition coefficient (Wildman–Crippen LogP) is 3.86. The summed E-state index contributed by atoms with van der Waals surface area (Å²) in [6.45, 7) is 0.817. The normalized spacial score (nSPS) is 22.1. The van der Waals surface area contributed by atoms with Crippen LogP contribution in [0.1, 0.15) is 44.1 Å². The van der Waals surface area contributed by atoms with Crippen LogP contribution in [0.25, 0.3) is 0 Å². The highest BCUT2D eigenvalue weighted by Crippen LogP contribution is 2.39. The zero-order chi connectivity index (χ0) is 12.6. The van der Waals surface area contributed by atoms with Gasteiger partial charge in [-0.1, -0.05) is 24.4 Å². The van der Waals surface area contributed by atoms with Crippen molar-refractivity contribution in [3.05, 3.63) is 28.8 Å². The van der Waals surface area contributed by atoms with Gasteiger partial charge in [0.1, 0.15) is 5.75 Å². The third kappa shape index (κ3) is 2.65. The zero-order valence-corrected chi connectivity index (χ0v) is 11.4. The Morgan fingerprint density at radius 1 is 1.22 bits per heavy atom. The molecule has 2 aliphatic rings. The van der Waals surface area contributed by atoms with E-state index in [-0.39, 0.29) is 5.54 Å². The van der Waals surface area contributed by atoms with Gasteiger partial charge >= 0.3 is 0 Å². The predicted molar refractivity (Wildman–Crippen MR) is 74.0 cm³/mol. The van der Waals surface area contributed by atoms with E-state index in [4.69, 9.17) is 22.1 Å². The molecule has 0 radical (unpaired) electrons. The number of halogens is 1. The SMILES string of the molecule is NC1(c2cc(Cl)cc(OCC3CC3)c2)CCCC1. The van der Waals surface area contributed by atoms with Crippen LogP contribution in [-0.2, 0) is 5.54 Å².